The third-order valence-corrected chi connectivity index (χ3v) is 6.26. The van der Waals surface area contributed by atoms with E-state index in [0.717, 1.165) is 36.6 Å². The van der Waals surface area contributed by atoms with Crippen molar-refractivity contribution in [2.45, 2.75) is 78.4 Å². The summed E-state index contributed by atoms with van der Waals surface area (Å²) < 4.78 is 27.7. The molecule has 0 aliphatic carbocycles. The van der Waals surface area contributed by atoms with Gasteiger partial charge >= 0.3 is 0 Å². The van der Waals surface area contributed by atoms with E-state index in [4.69, 9.17) is 0 Å². The summed E-state index contributed by atoms with van der Waals surface area (Å²) in [6.07, 6.45) is 1.64. The van der Waals surface area contributed by atoms with Crippen molar-refractivity contribution in [3.05, 3.63) is 70.3 Å². The number of amides is 3. The van der Waals surface area contributed by atoms with Crippen LogP contribution in [0.25, 0.3) is 0 Å². The number of halogens is 2. The van der Waals surface area contributed by atoms with E-state index >= 15 is 0 Å². The van der Waals surface area contributed by atoms with Gasteiger partial charge in [0.1, 0.15) is 11.6 Å². The lowest BCUT2D eigenvalue weighted by molar-refractivity contribution is -0.121. The maximum absolute atomic E-state index is 13.8. The van der Waals surface area contributed by atoms with Gasteiger partial charge in [-0.1, -0.05) is 20.8 Å². The van der Waals surface area contributed by atoms with Gasteiger partial charge in [0.2, 0.25) is 5.91 Å². The summed E-state index contributed by atoms with van der Waals surface area (Å²) in [5.41, 5.74) is 1.62. The van der Waals surface area contributed by atoms with Gasteiger partial charge in [0.25, 0.3) is 11.8 Å². The first-order valence-electron chi connectivity index (χ1n) is 13.7. The molecule has 0 radical (unpaired) electrons. The molecule has 0 saturated heterocycles. The van der Waals surface area contributed by atoms with Crippen LogP contribution in [0, 0.1) is 18.6 Å². The molecule has 0 bridgehead atoms. The first-order valence-corrected chi connectivity index (χ1v) is 13.7. The topological polar surface area (TPSA) is 98.7 Å². The van der Waals surface area contributed by atoms with Crippen molar-refractivity contribution in [2.75, 3.05) is 19.6 Å². The van der Waals surface area contributed by atoms with Crippen LogP contribution in [-0.2, 0) is 11.2 Å². The largest absolute Gasteiger partial charge is 0.391 e. The lowest BCUT2D eigenvalue weighted by Crippen LogP contribution is -2.46. The Morgan fingerprint density at radius 1 is 0.897 bits per heavy atom. The maximum atomic E-state index is 13.8. The van der Waals surface area contributed by atoms with Crippen LogP contribution in [0.5, 0.6) is 0 Å². The van der Waals surface area contributed by atoms with Gasteiger partial charge in [-0.05, 0) is 80.5 Å². The fourth-order valence-electron chi connectivity index (χ4n) is 4.47. The van der Waals surface area contributed by atoms with Crippen molar-refractivity contribution in [1.29, 1.82) is 0 Å². The number of aliphatic hydroxyl groups excluding tert-OH is 1. The average Bonchev–Trinajstić information content (AvgIpc) is 2.86. The third kappa shape index (κ3) is 10.4. The minimum absolute atomic E-state index is 0.0388. The van der Waals surface area contributed by atoms with Gasteiger partial charge in [-0.2, -0.15) is 0 Å². The summed E-state index contributed by atoms with van der Waals surface area (Å²) in [6.45, 7) is 9.06. The first-order chi connectivity index (χ1) is 18.6. The average molecular weight is 546 g/mol. The number of aryl methyl sites for hydroxylation is 1. The van der Waals surface area contributed by atoms with E-state index in [1.54, 1.807) is 24.0 Å². The van der Waals surface area contributed by atoms with Crippen LogP contribution >= 0.6 is 0 Å². The van der Waals surface area contributed by atoms with Gasteiger partial charge in [-0.15, -0.1) is 0 Å². The summed E-state index contributed by atoms with van der Waals surface area (Å²) >= 11 is 0. The Labute approximate surface area is 230 Å². The van der Waals surface area contributed by atoms with E-state index in [-0.39, 0.29) is 42.3 Å². The Morgan fingerprint density at radius 3 is 2.10 bits per heavy atom. The molecule has 3 amide bonds. The van der Waals surface area contributed by atoms with Crippen LogP contribution in [0.3, 0.4) is 0 Å². The van der Waals surface area contributed by atoms with E-state index in [9.17, 15) is 28.3 Å². The normalized spacial score (nSPS) is 12.5. The molecule has 214 valence electrons. The van der Waals surface area contributed by atoms with Crippen LogP contribution in [-0.4, -0.2) is 59.5 Å². The van der Waals surface area contributed by atoms with E-state index < -0.39 is 29.7 Å². The molecule has 2 atom stereocenters. The highest BCUT2D eigenvalue weighted by molar-refractivity contribution is 6.00. The molecule has 2 rings (SSSR count). The molecule has 0 fully saturated rings. The smallest absolute Gasteiger partial charge is 0.253 e. The number of benzene rings is 2. The van der Waals surface area contributed by atoms with Crippen LogP contribution in [0.4, 0.5) is 8.78 Å². The molecule has 0 heterocycles. The lowest BCUT2D eigenvalue weighted by atomic mass is 9.97. The lowest BCUT2D eigenvalue weighted by Gasteiger charge is -2.25. The molecule has 9 heteroatoms. The van der Waals surface area contributed by atoms with Crippen LogP contribution in [0.15, 0.2) is 36.4 Å². The Balaban J connectivity index is 2.27. The summed E-state index contributed by atoms with van der Waals surface area (Å²) in [7, 11) is 0. The maximum Gasteiger partial charge on any atom is 0.253 e. The van der Waals surface area contributed by atoms with Crippen molar-refractivity contribution in [3.8, 4) is 0 Å². The van der Waals surface area contributed by atoms with Gasteiger partial charge in [0.15, 0.2) is 0 Å². The first kappa shape index (κ1) is 31.9. The summed E-state index contributed by atoms with van der Waals surface area (Å²) in [6, 6.07) is 7.06. The number of carbonyl (C=O) groups is 3. The van der Waals surface area contributed by atoms with E-state index in [0.29, 0.717) is 31.5 Å². The monoisotopic (exact) mass is 545 g/mol. The molecule has 0 unspecified atom stereocenters. The molecule has 2 aromatic rings. The molecule has 0 aliphatic rings. The number of carbonyl (C=O) groups excluding carboxylic acids is 3. The highest BCUT2D eigenvalue weighted by atomic mass is 19.1. The van der Waals surface area contributed by atoms with E-state index in [1.807, 2.05) is 20.8 Å². The summed E-state index contributed by atoms with van der Waals surface area (Å²) in [5, 5.41) is 16.4. The Kier molecular flexibility index (Phi) is 13.0. The van der Waals surface area contributed by atoms with Crippen molar-refractivity contribution in [2.24, 2.45) is 0 Å². The molecule has 0 saturated carbocycles. The second kappa shape index (κ2) is 15.9. The minimum Gasteiger partial charge on any atom is -0.391 e. The van der Waals surface area contributed by atoms with Gasteiger partial charge < -0.3 is 20.6 Å². The zero-order valence-corrected chi connectivity index (χ0v) is 23.4. The summed E-state index contributed by atoms with van der Waals surface area (Å²) in [4.78, 5) is 40.0. The summed E-state index contributed by atoms with van der Waals surface area (Å²) in [5.74, 6) is -2.36. The zero-order chi connectivity index (χ0) is 28.9. The second-order valence-corrected chi connectivity index (χ2v) is 9.90. The number of hydrogen-bond acceptors (Lipinski definition) is 4. The number of rotatable bonds is 15. The quantitative estimate of drug-likeness (QED) is 0.306. The third-order valence-electron chi connectivity index (χ3n) is 6.26. The van der Waals surface area contributed by atoms with Gasteiger partial charge in [-0.25, -0.2) is 8.78 Å². The number of aliphatic hydroxyl groups is 1. The molecular formula is C30H41F2N3O4. The molecule has 0 aliphatic heterocycles. The van der Waals surface area contributed by atoms with E-state index in [2.05, 4.69) is 10.6 Å². The Morgan fingerprint density at radius 2 is 1.51 bits per heavy atom. The number of hydrogen-bond donors (Lipinski definition) is 3. The molecule has 3 N–H and O–H groups in total. The molecule has 0 spiro atoms. The van der Waals surface area contributed by atoms with Crippen molar-refractivity contribution in [1.82, 2.24) is 15.5 Å². The molecule has 39 heavy (non-hydrogen) atoms. The predicted molar refractivity (Wildman–Crippen MR) is 148 cm³/mol. The number of nitrogens with one attached hydrogen (secondary N) is 2. The highest BCUT2D eigenvalue weighted by Crippen LogP contribution is 2.16. The molecule has 0 aromatic heterocycles. The number of nitrogens with zero attached hydrogens (tertiary/aromatic N) is 1. The SMILES string of the molecule is CCCC(=O)NCC[C@@H](O)[C@H](Cc1cc(F)cc(F)c1)NC(=O)c1cc(C)cc(C(=O)N(CCC)CCC)c1. The Bertz CT molecular complexity index is 1100. The van der Waals surface area contributed by atoms with Crippen LogP contribution < -0.4 is 10.6 Å². The van der Waals surface area contributed by atoms with Crippen molar-refractivity contribution >= 4 is 17.7 Å². The van der Waals surface area contributed by atoms with E-state index in [1.165, 1.54) is 6.07 Å². The van der Waals surface area contributed by atoms with Crippen LogP contribution in [0.1, 0.15) is 84.7 Å². The predicted octanol–water partition coefficient (Wildman–Crippen LogP) is 4.54. The Hall–Kier alpha value is -3.33. The van der Waals surface area contributed by atoms with Gasteiger partial charge in [0.05, 0.1) is 12.1 Å². The molecular weight excluding hydrogens is 504 g/mol. The van der Waals surface area contributed by atoms with Gasteiger partial charge in [0, 0.05) is 43.2 Å². The molecule has 7 nitrogen and oxygen atoms in total. The minimum atomic E-state index is -1.11. The standard InChI is InChI=1S/C30H41F2N3O4/c1-5-8-28(37)33-10-9-27(36)26(17-21-15-24(31)19-25(32)16-21)34-29(38)22-13-20(4)14-23(18-22)30(39)35(11-6-2)12-7-3/h13-16,18-19,26-27,36H,5-12,17H2,1-4H3,(H,33,37)(H,34,38)/t26-,27+/m0/s1. The zero-order valence-electron chi connectivity index (χ0n) is 23.4. The van der Waals surface area contributed by atoms with Crippen molar-refractivity contribution < 1.29 is 28.3 Å². The fourth-order valence-corrected chi connectivity index (χ4v) is 4.47. The molecule has 2 aromatic carbocycles. The highest BCUT2D eigenvalue weighted by Gasteiger charge is 2.24. The second-order valence-electron chi connectivity index (χ2n) is 9.90. The van der Waals surface area contributed by atoms with Crippen molar-refractivity contribution in [3.63, 3.8) is 0 Å². The van der Waals surface area contributed by atoms with Gasteiger partial charge in [-0.3, -0.25) is 14.4 Å². The fraction of sp³-hybridized carbons (Fsp3) is 0.500. The van der Waals surface area contributed by atoms with Crippen LogP contribution in [0.2, 0.25) is 0 Å².